The third-order valence-corrected chi connectivity index (χ3v) is 18.4. The Morgan fingerprint density at radius 2 is 1.08 bits per heavy atom. The number of nitrogens with two attached hydrogens (primary N) is 2. The van der Waals surface area contributed by atoms with Crippen LogP contribution in [0.15, 0.2) is 30.3 Å². The first kappa shape index (κ1) is 88.8. The Labute approximate surface area is 601 Å². The summed E-state index contributed by atoms with van der Waals surface area (Å²) in [6, 6.07) is -11.3. The molecule has 0 radical (unpaired) electrons. The summed E-state index contributed by atoms with van der Waals surface area (Å²) >= 11 is 0. The van der Waals surface area contributed by atoms with E-state index < -0.39 is 255 Å². The lowest BCUT2D eigenvalue weighted by Gasteiger charge is -2.36. The van der Waals surface area contributed by atoms with Crippen molar-refractivity contribution >= 4 is 82.7 Å². The van der Waals surface area contributed by atoms with E-state index in [0.29, 0.717) is 18.4 Å². The fourth-order valence-corrected chi connectivity index (χ4v) is 12.1. The van der Waals surface area contributed by atoms with Crippen molar-refractivity contribution in [1.29, 1.82) is 0 Å². The monoisotopic (exact) mass is 1460 g/mol. The second kappa shape index (κ2) is 43.0. The van der Waals surface area contributed by atoms with Gasteiger partial charge in [0.05, 0.1) is 30.3 Å². The van der Waals surface area contributed by atoms with Gasteiger partial charge >= 0.3 is 0 Å². The van der Waals surface area contributed by atoms with E-state index in [0.717, 1.165) is 43.0 Å². The number of primary amides is 2. The second-order valence-corrected chi connectivity index (χ2v) is 28.1. The first-order valence-electron chi connectivity index (χ1n) is 35.5. The molecule has 1 aromatic rings. The quantitative estimate of drug-likeness (QED) is 0.0434. The van der Waals surface area contributed by atoms with Gasteiger partial charge in [0.2, 0.25) is 82.7 Å². The molecule has 0 aromatic heterocycles. The largest absolute Gasteiger partial charge is 0.396 e. The minimum absolute atomic E-state index is 0.101. The fraction of sp³-hybridized carbons (Fsp3) is 0.710. The van der Waals surface area contributed by atoms with Crippen molar-refractivity contribution in [2.24, 2.45) is 41.1 Å². The number of amides is 14. The molecule has 2 aliphatic rings. The lowest BCUT2D eigenvalue weighted by atomic mass is 9.95. The summed E-state index contributed by atoms with van der Waals surface area (Å²) in [5, 5.41) is 91.3. The van der Waals surface area contributed by atoms with Gasteiger partial charge in [0.25, 0.3) is 0 Å². The van der Waals surface area contributed by atoms with Crippen LogP contribution in [-0.2, 0) is 73.5 Å². The summed E-state index contributed by atoms with van der Waals surface area (Å²) in [5.41, 5.74) is 11.5. The van der Waals surface area contributed by atoms with Crippen LogP contribution < -0.4 is 64.6 Å². The highest BCUT2D eigenvalue weighted by Crippen LogP contribution is 2.23. The number of aliphatic hydroxyl groups is 6. The summed E-state index contributed by atoms with van der Waals surface area (Å²) in [4.78, 5) is 202. The predicted octanol–water partition coefficient (Wildman–Crippen LogP) is -4.49. The Morgan fingerprint density at radius 1 is 0.553 bits per heavy atom. The lowest BCUT2D eigenvalue weighted by Crippen LogP contribution is -2.65. The van der Waals surface area contributed by atoms with E-state index in [1.165, 1.54) is 27.7 Å². The maximum atomic E-state index is 14.8. The van der Waals surface area contributed by atoms with Crippen molar-refractivity contribution in [3.05, 3.63) is 35.9 Å². The molecule has 103 heavy (non-hydrogen) atoms. The first-order valence-corrected chi connectivity index (χ1v) is 35.5. The van der Waals surface area contributed by atoms with Crippen LogP contribution in [0.3, 0.4) is 0 Å². The van der Waals surface area contributed by atoms with Crippen molar-refractivity contribution in [2.45, 2.75) is 257 Å². The second-order valence-electron chi connectivity index (χ2n) is 28.1. The molecule has 14 amide bonds. The smallest absolute Gasteiger partial charge is 0.248 e. The predicted molar refractivity (Wildman–Crippen MR) is 373 cm³/mol. The van der Waals surface area contributed by atoms with Gasteiger partial charge in [0.1, 0.15) is 66.5 Å². The van der Waals surface area contributed by atoms with E-state index in [4.69, 9.17) is 11.5 Å². The maximum absolute atomic E-state index is 14.8. The zero-order valence-corrected chi connectivity index (χ0v) is 61.3. The standard InChI is InChI=1S/C69H114N14O20/c1-13-15-16-17-21-24-41-32-72-63(97)50(38(10)85)78-61(95)46(30-40-22-19-18-20-23-40)76-62(96)47-31-42(87)33-83(47)69(103)51(39(11)86)79-66(100)53(56(90)57(71)91)81-67(101)54(37(9)14-2)82(12)68(102)44(25-26-48(70)88)74-60(94)45(29-34(3)4)75-59(93)43(27-28-84)73-65(99)52(55(89)36(7)8)80-64(98)49(35(5)6)77-58(41)92/h18-20,22-23,34-39,41-47,49-56,84-87,89-90H,13-17,21,24-33H2,1-12H3,(H2,70,88)(H2,71,91)(H,72,97)(H,73,99)(H,74,94)(H,75,93)(H,76,96)(H,77,92)(H,78,95)(H,79,100)(H,80,98)(H,81,101)/t37-,38+,39+,41?,42-,43-,44-,45-,46-,47-,49-,50-,51-,52-,53+,54-,55?,56?/m0/s1. The Hall–Kier alpha value is -8.44. The first-order chi connectivity index (χ1) is 48.3. The number of nitrogens with one attached hydrogen (secondary N) is 10. The molecule has 2 saturated heterocycles. The van der Waals surface area contributed by atoms with Crippen LogP contribution in [-0.4, -0.2) is 247 Å². The number of carbonyl (C=O) groups is 14. The number of hydrogen-bond acceptors (Lipinski definition) is 20. The molecular weight excluding hydrogens is 1340 g/mol. The van der Waals surface area contributed by atoms with Crippen molar-refractivity contribution in [1.82, 2.24) is 63.0 Å². The molecule has 34 nitrogen and oxygen atoms in total. The lowest BCUT2D eigenvalue weighted by molar-refractivity contribution is -0.148. The van der Waals surface area contributed by atoms with Gasteiger partial charge in [-0.05, 0) is 68.8 Å². The molecule has 2 heterocycles. The topological polar surface area (TPSA) is 539 Å². The van der Waals surface area contributed by atoms with Gasteiger partial charge in [-0.3, -0.25) is 67.1 Å². The molecule has 0 spiro atoms. The van der Waals surface area contributed by atoms with Crippen LogP contribution in [0.1, 0.15) is 159 Å². The Morgan fingerprint density at radius 3 is 1.63 bits per heavy atom. The summed E-state index contributed by atoms with van der Waals surface area (Å²) in [6.07, 6.45) is -7.79. The molecule has 0 saturated carbocycles. The van der Waals surface area contributed by atoms with Crippen molar-refractivity contribution < 1.29 is 97.8 Å². The maximum Gasteiger partial charge on any atom is 0.248 e. The number of fused-ring (bicyclic) bond motifs is 1. The van der Waals surface area contributed by atoms with Gasteiger partial charge in [-0.25, -0.2) is 0 Å². The summed E-state index contributed by atoms with van der Waals surface area (Å²) in [6.45, 7) is 15.2. The molecule has 0 bridgehead atoms. The molecule has 2 aliphatic heterocycles. The summed E-state index contributed by atoms with van der Waals surface area (Å²) < 4.78 is 0. The third kappa shape index (κ3) is 27.3. The van der Waals surface area contributed by atoms with Gasteiger partial charge in [0, 0.05) is 46.0 Å². The minimum atomic E-state index is -2.60. The number of likely N-dealkylation sites (N-methyl/N-ethyl adjacent to an activating group) is 1. The van der Waals surface area contributed by atoms with E-state index in [2.05, 4.69) is 53.2 Å². The van der Waals surface area contributed by atoms with Crippen molar-refractivity contribution in [2.75, 3.05) is 26.7 Å². The van der Waals surface area contributed by atoms with E-state index in [1.807, 2.05) is 6.92 Å². The Kier molecular flexibility index (Phi) is 37.0. The molecule has 0 aliphatic carbocycles. The number of rotatable bonds is 24. The number of unbranched alkanes of at least 4 members (excludes halogenated alkanes) is 4. The number of nitrogens with zero attached hydrogens (tertiary/aromatic N) is 2. The highest BCUT2D eigenvalue weighted by Gasteiger charge is 2.47. The fourth-order valence-electron chi connectivity index (χ4n) is 12.1. The van der Waals surface area contributed by atoms with Gasteiger partial charge in [0.15, 0.2) is 6.10 Å². The Bertz CT molecular complexity index is 3050. The zero-order chi connectivity index (χ0) is 77.9. The van der Waals surface area contributed by atoms with Crippen molar-refractivity contribution in [3.8, 4) is 0 Å². The van der Waals surface area contributed by atoms with E-state index in [-0.39, 0.29) is 25.7 Å². The van der Waals surface area contributed by atoms with Gasteiger partial charge in [-0.15, -0.1) is 0 Å². The zero-order valence-electron chi connectivity index (χ0n) is 61.3. The highest BCUT2D eigenvalue weighted by atomic mass is 16.3. The molecule has 20 N–H and O–H groups in total. The number of hydrogen-bond donors (Lipinski definition) is 18. The molecule has 1 aromatic carbocycles. The number of carbonyl (C=O) groups excluding carboxylic acids is 14. The molecule has 18 atom stereocenters. The van der Waals surface area contributed by atoms with Crippen molar-refractivity contribution in [3.63, 3.8) is 0 Å². The average Bonchev–Trinajstić information content (AvgIpc) is 1.68. The molecule has 34 heteroatoms. The number of aliphatic hydroxyl groups excluding tert-OH is 6. The third-order valence-electron chi connectivity index (χ3n) is 18.4. The average molecular weight is 1460 g/mol. The van der Waals surface area contributed by atoms with E-state index in [1.54, 1.807) is 65.0 Å². The molecule has 2 fully saturated rings. The molecular formula is C69H114N14O20. The van der Waals surface area contributed by atoms with Gasteiger partial charge in [-0.2, -0.15) is 0 Å². The van der Waals surface area contributed by atoms with Crippen LogP contribution in [0.4, 0.5) is 0 Å². The minimum Gasteiger partial charge on any atom is -0.396 e. The van der Waals surface area contributed by atoms with Crippen LogP contribution in [0.5, 0.6) is 0 Å². The van der Waals surface area contributed by atoms with Gasteiger partial charge < -0.3 is 105 Å². The molecule has 580 valence electrons. The highest BCUT2D eigenvalue weighted by molar-refractivity contribution is 6.01. The normalized spacial score (nSPS) is 27.4. The Balaban J connectivity index is 2.35. The van der Waals surface area contributed by atoms with E-state index >= 15 is 0 Å². The van der Waals surface area contributed by atoms with Crippen LogP contribution in [0, 0.1) is 29.6 Å². The van der Waals surface area contributed by atoms with Crippen LogP contribution >= 0.6 is 0 Å². The van der Waals surface area contributed by atoms with Crippen LogP contribution in [0.2, 0.25) is 0 Å². The number of benzene rings is 1. The van der Waals surface area contributed by atoms with Gasteiger partial charge in [-0.1, -0.05) is 131 Å². The summed E-state index contributed by atoms with van der Waals surface area (Å²) in [7, 11) is 1.12. The van der Waals surface area contributed by atoms with E-state index in [9.17, 15) is 97.8 Å². The summed E-state index contributed by atoms with van der Waals surface area (Å²) in [5.74, 6) is -19.5. The SMILES string of the molecule is CCCCCCCC1CNC(=O)[C@H]([C@@H](C)O)NC(=O)[C@H](Cc2ccccc2)NC(=O)[C@@H]2C[C@H](O)CN2C(=O)[C@H]([C@@H](C)O)NC(=O)[C@@H](C(O)C(N)=O)NC(=O)[C@H]([C@@H](C)CC)N(C)C(=O)[C@H](CCC(N)=O)NC(=O)[C@H](CC(C)C)NC(=O)[C@H](CCO)NC(=O)[C@H](C(O)C(C)C)NC(=O)[C@H](C(C)C)NC1=O. The van der Waals surface area contributed by atoms with Crippen LogP contribution in [0.25, 0.3) is 0 Å². The molecule has 3 rings (SSSR count). The molecule has 3 unspecified atom stereocenters.